The summed E-state index contributed by atoms with van der Waals surface area (Å²) >= 11 is 0. The van der Waals surface area contributed by atoms with Crippen molar-refractivity contribution in [3.63, 3.8) is 0 Å². The molecule has 5 rings (SSSR count). The van der Waals surface area contributed by atoms with Crippen molar-refractivity contribution in [1.82, 2.24) is 4.90 Å². The minimum atomic E-state index is -2.34. The molecule has 2 saturated heterocycles. The fourth-order valence-corrected chi connectivity index (χ4v) is 5.22. The zero-order valence-corrected chi connectivity index (χ0v) is 22.0. The molecule has 218 valence electrons. The molecular weight excluding hydrogens is 547 g/mol. The molecule has 3 aromatic carbocycles. The molecule has 0 saturated carbocycles. The number of rotatable bonds is 7. The van der Waals surface area contributed by atoms with Crippen LogP contribution in [0, 0.1) is 29.1 Å². The van der Waals surface area contributed by atoms with Gasteiger partial charge in [0.25, 0.3) is 5.91 Å². The summed E-state index contributed by atoms with van der Waals surface area (Å²) in [5.74, 6) is -12.7. The zero-order chi connectivity index (χ0) is 29.1. The highest BCUT2D eigenvalue weighted by molar-refractivity contribution is 6.04. The van der Waals surface area contributed by atoms with Crippen LogP contribution in [0.4, 0.5) is 27.6 Å². The molecule has 41 heavy (non-hydrogen) atoms. The van der Waals surface area contributed by atoms with Gasteiger partial charge in [0, 0.05) is 24.2 Å². The molecule has 11 heteroatoms. The van der Waals surface area contributed by atoms with Crippen molar-refractivity contribution in [2.75, 3.05) is 25.0 Å². The van der Waals surface area contributed by atoms with E-state index < -0.39 is 46.8 Å². The van der Waals surface area contributed by atoms with Crippen LogP contribution in [-0.2, 0) is 16.1 Å². The molecule has 0 aliphatic carbocycles. The third kappa shape index (κ3) is 6.43. The summed E-state index contributed by atoms with van der Waals surface area (Å²) in [4.78, 5) is 14.9. The quantitative estimate of drug-likeness (QED) is 0.200. The lowest BCUT2D eigenvalue weighted by atomic mass is 9.99. The van der Waals surface area contributed by atoms with E-state index in [1.54, 1.807) is 12.1 Å². The number of likely N-dealkylation sites (tertiary alicyclic amines) is 1. The Morgan fingerprint density at radius 3 is 2.17 bits per heavy atom. The van der Waals surface area contributed by atoms with Crippen LogP contribution >= 0.6 is 0 Å². The average Bonchev–Trinajstić information content (AvgIpc) is 2.99. The number of carbonyl (C=O) groups excluding carboxylic acids is 1. The van der Waals surface area contributed by atoms with Crippen molar-refractivity contribution in [3.05, 3.63) is 99.9 Å². The standard InChI is InChI=1S/C30H29F5N2O4/c31-24-23(25(32)27(34)28(35)26(24)33)29(39)36-20-6-4-5-19(13-20)30-40-21(15-37-11-2-1-3-12-37)14-22(41-30)18-9-7-17(16-38)8-10-18/h4-10,13,21-22,30,38H,1-3,11-12,14-16H2,(H,36,39)/t21-,22+,30+/m1/s1. The third-order valence-electron chi connectivity index (χ3n) is 7.38. The first-order valence-electron chi connectivity index (χ1n) is 13.4. The summed E-state index contributed by atoms with van der Waals surface area (Å²) in [6.45, 7) is 2.56. The Morgan fingerprint density at radius 1 is 0.854 bits per heavy atom. The first-order chi connectivity index (χ1) is 19.7. The number of amides is 1. The number of aliphatic hydroxyl groups is 1. The SMILES string of the molecule is O=C(Nc1cccc([C@H]2O[C@@H](CN3CCCCC3)C[C@@H](c3ccc(CO)cc3)O2)c1)c1c(F)c(F)c(F)c(F)c1F. The van der Waals surface area contributed by atoms with Crippen molar-refractivity contribution >= 4 is 11.6 Å². The molecular formula is C30H29F5N2O4. The number of piperidine rings is 1. The number of benzene rings is 3. The molecule has 6 nitrogen and oxygen atoms in total. The van der Waals surface area contributed by atoms with Gasteiger partial charge in [-0.05, 0) is 49.2 Å². The number of halogens is 5. The fourth-order valence-electron chi connectivity index (χ4n) is 5.22. The van der Waals surface area contributed by atoms with Crippen molar-refractivity contribution in [3.8, 4) is 0 Å². The molecule has 3 atom stereocenters. The Morgan fingerprint density at radius 2 is 1.51 bits per heavy atom. The van der Waals surface area contributed by atoms with Gasteiger partial charge < -0.3 is 24.8 Å². The van der Waals surface area contributed by atoms with Crippen LogP contribution in [0.2, 0.25) is 0 Å². The van der Waals surface area contributed by atoms with Crippen molar-refractivity contribution in [2.24, 2.45) is 0 Å². The molecule has 2 aliphatic rings. The van der Waals surface area contributed by atoms with Gasteiger partial charge in [-0.25, -0.2) is 22.0 Å². The summed E-state index contributed by atoms with van der Waals surface area (Å²) < 4.78 is 81.7. The maximum absolute atomic E-state index is 14.2. The highest BCUT2D eigenvalue weighted by Crippen LogP contribution is 2.39. The number of nitrogens with one attached hydrogen (secondary N) is 1. The average molecular weight is 577 g/mol. The van der Waals surface area contributed by atoms with E-state index in [-0.39, 0.29) is 24.5 Å². The lowest BCUT2D eigenvalue weighted by molar-refractivity contribution is -0.253. The molecule has 0 aromatic heterocycles. The van der Waals surface area contributed by atoms with Gasteiger partial charge in [0.15, 0.2) is 29.6 Å². The smallest absolute Gasteiger partial charge is 0.261 e. The number of anilines is 1. The third-order valence-corrected chi connectivity index (χ3v) is 7.38. The van der Waals surface area contributed by atoms with Crippen LogP contribution in [0.3, 0.4) is 0 Å². The number of ether oxygens (including phenoxy) is 2. The normalized spacial score (nSPS) is 21.6. The number of carbonyl (C=O) groups is 1. The number of aliphatic hydroxyl groups excluding tert-OH is 1. The topological polar surface area (TPSA) is 71.0 Å². The van der Waals surface area contributed by atoms with Crippen molar-refractivity contribution in [1.29, 1.82) is 0 Å². The number of hydrogen-bond acceptors (Lipinski definition) is 5. The maximum Gasteiger partial charge on any atom is 0.261 e. The lowest BCUT2D eigenvalue weighted by Gasteiger charge is -2.39. The first-order valence-corrected chi connectivity index (χ1v) is 13.4. The van der Waals surface area contributed by atoms with Crippen molar-refractivity contribution < 1.29 is 41.3 Å². The van der Waals surface area contributed by atoms with Gasteiger partial charge in [-0.3, -0.25) is 4.79 Å². The van der Waals surface area contributed by atoms with Gasteiger partial charge in [-0.1, -0.05) is 42.8 Å². The molecule has 2 N–H and O–H groups in total. The van der Waals surface area contributed by atoms with Gasteiger partial charge >= 0.3 is 0 Å². The monoisotopic (exact) mass is 576 g/mol. The Balaban J connectivity index is 1.38. The van der Waals surface area contributed by atoms with Crippen LogP contribution in [0.5, 0.6) is 0 Å². The fraction of sp³-hybridized carbons (Fsp3) is 0.367. The summed E-state index contributed by atoms with van der Waals surface area (Å²) in [5, 5.41) is 11.6. The van der Waals surface area contributed by atoms with Gasteiger partial charge in [0.05, 0.1) is 18.8 Å². The van der Waals surface area contributed by atoms with Crippen LogP contribution in [-0.4, -0.2) is 41.7 Å². The van der Waals surface area contributed by atoms with E-state index in [2.05, 4.69) is 10.2 Å². The highest BCUT2D eigenvalue weighted by atomic mass is 19.2. The molecule has 0 bridgehead atoms. The van der Waals surface area contributed by atoms with Crippen LogP contribution in [0.15, 0.2) is 48.5 Å². The van der Waals surface area contributed by atoms with E-state index in [1.165, 1.54) is 18.6 Å². The number of hydrogen-bond donors (Lipinski definition) is 2. The van der Waals surface area contributed by atoms with E-state index in [0.717, 1.165) is 37.1 Å². The second kappa shape index (κ2) is 12.6. The number of nitrogens with zero attached hydrogens (tertiary/aromatic N) is 1. The summed E-state index contributed by atoms with van der Waals surface area (Å²) in [6.07, 6.45) is 2.60. The molecule has 2 aliphatic heterocycles. The molecule has 3 aromatic rings. The minimum Gasteiger partial charge on any atom is -0.392 e. The summed E-state index contributed by atoms with van der Waals surface area (Å²) in [5.41, 5.74) is 0.616. The highest BCUT2D eigenvalue weighted by Gasteiger charge is 2.34. The van der Waals surface area contributed by atoms with Gasteiger partial charge in [0.2, 0.25) is 5.82 Å². The molecule has 2 heterocycles. The Labute approximate surface area is 233 Å². The van der Waals surface area contributed by atoms with Crippen LogP contribution < -0.4 is 5.32 Å². The van der Waals surface area contributed by atoms with E-state index in [0.29, 0.717) is 18.5 Å². The predicted octanol–water partition coefficient (Wildman–Crippen LogP) is 6.16. The van der Waals surface area contributed by atoms with Gasteiger partial charge in [-0.15, -0.1) is 0 Å². The van der Waals surface area contributed by atoms with E-state index in [4.69, 9.17) is 9.47 Å². The predicted molar refractivity (Wildman–Crippen MR) is 139 cm³/mol. The minimum absolute atomic E-state index is 0.0469. The molecule has 2 fully saturated rings. The summed E-state index contributed by atoms with van der Waals surface area (Å²) in [6, 6.07) is 13.5. The molecule has 0 radical (unpaired) electrons. The summed E-state index contributed by atoms with van der Waals surface area (Å²) in [7, 11) is 0. The lowest BCUT2D eigenvalue weighted by Crippen LogP contribution is -2.41. The Hall–Kier alpha value is -3.38. The Kier molecular flexibility index (Phi) is 8.98. The van der Waals surface area contributed by atoms with Crippen molar-refractivity contribution in [2.45, 2.75) is 50.8 Å². The second-order valence-electron chi connectivity index (χ2n) is 10.2. The Bertz CT molecular complexity index is 1370. The van der Waals surface area contributed by atoms with Gasteiger partial charge in [0.1, 0.15) is 5.56 Å². The maximum atomic E-state index is 14.2. The van der Waals surface area contributed by atoms with Crippen LogP contribution in [0.25, 0.3) is 0 Å². The molecule has 0 spiro atoms. The van der Waals surface area contributed by atoms with Crippen LogP contribution in [0.1, 0.15) is 65.1 Å². The van der Waals surface area contributed by atoms with E-state index >= 15 is 0 Å². The van der Waals surface area contributed by atoms with E-state index in [9.17, 15) is 31.9 Å². The molecule has 1 amide bonds. The first kappa shape index (κ1) is 29.1. The van der Waals surface area contributed by atoms with E-state index in [1.807, 2.05) is 24.3 Å². The largest absolute Gasteiger partial charge is 0.392 e. The zero-order valence-electron chi connectivity index (χ0n) is 22.0. The second-order valence-corrected chi connectivity index (χ2v) is 10.2. The van der Waals surface area contributed by atoms with Gasteiger partial charge in [-0.2, -0.15) is 0 Å². The molecule has 0 unspecified atom stereocenters.